The molecule has 2 heterocycles. The minimum absolute atomic E-state index is 0. The molecule has 6 nitrogen and oxygen atoms in total. The molecular weight excluding hydrogens is 889 g/mol. The largest absolute Gasteiger partial charge is 0.493 e. The maximum absolute atomic E-state index is 12.2. The minimum atomic E-state index is -0.147. The van der Waals surface area contributed by atoms with Gasteiger partial charge >= 0.3 is 0 Å². The number of hydrogen-bond donors (Lipinski definition) is 2. The molecule has 2 radical (unpaired) electrons. The molecule has 0 unspecified atom stereocenters. The van der Waals surface area contributed by atoms with Crippen LogP contribution in [0.15, 0.2) is 72.8 Å². The van der Waals surface area contributed by atoms with Gasteiger partial charge in [0, 0.05) is 81.9 Å². The van der Waals surface area contributed by atoms with Crippen LogP contribution in [0.2, 0.25) is 10.0 Å². The number of aryl methyl sites for hydroxylation is 2. The van der Waals surface area contributed by atoms with Crippen LogP contribution in [0.4, 0.5) is 0 Å². The van der Waals surface area contributed by atoms with E-state index < -0.39 is 0 Å². The standard InChI is InChI=1S/C20H22ClO3S.C20H20ClO3S.2Y/c2*21-16-9-14(12-22)10-17(11-16)24-13-19-15(6-7-20(19)23)3-1-4-18-5-2-8-25-18;;/h2,5,9-11,15,19,22H,1,3-4,6-7,12-13H2;2,5-7,9-11,15,19,22H,1,3-4,12-13H2;;/q2*-1;;/t2*15-,19+;;/m00../s1. The SMILES string of the molecule is O=C1C=C[C@H](CCCc2cc[c-]s2)[C@H]1COc1cc(Cl)cc(CO)c1.O=C1CC[C@H](CCCc2cc[c-]s2)[C@H]1COc1cc(Cl)cc(CO)c1.[Y].[Y]. The van der Waals surface area contributed by atoms with Crippen molar-refractivity contribution >= 4 is 57.4 Å². The summed E-state index contributed by atoms with van der Waals surface area (Å²) >= 11 is 15.4. The van der Waals surface area contributed by atoms with E-state index in [-0.39, 0.29) is 102 Å². The van der Waals surface area contributed by atoms with Crippen molar-refractivity contribution in [3.8, 4) is 11.5 Å². The van der Waals surface area contributed by atoms with E-state index in [2.05, 4.69) is 22.9 Å². The van der Waals surface area contributed by atoms with E-state index in [0.717, 1.165) is 44.9 Å². The molecule has 0 bridgehead atoms. The molecule has 2 aromatic carbocycles. The fourth-order valence-corrected chi connectivity index (χ4v) is 8.40. The molecule has 2 N–H and O–H groups in total. The van der Waals surface area contributed by atoms with Crippen molar-refractivity contribution in [3.05, 3.63) is 115 Å². The van der Waals surface area contributed by atoms with Gasteiger partial charge < -0.3 is 42.4 Å². The Kier molecular flexibility index (Phi) is 21.0. The van der Waals surface area contributed by atoms with Crippen molar-refractivity contribution in [2.45, 2.75) is 64.6 Å². The Balaban J connectivity index is 0.000000270. The first-order valence-corrected chi connectivity index (χ1v) is 19.4. The first-order chi connectivity index (χ1) is 24.3. The van der Waals surface area contributed by atoms with Crippen molar-refractivity contribution in [1.29, 1.82) is 0 Å². The van der Waals surface area contributed by atoms with E-state index in [1.165, 1.54) is 9.75 Å². The minimum Gasteiger partial charge on any atom is -0.493 e. The second-order valence-corrected chi connectivity index (χ2v) is 15.6. The van der Waals surface area contributed by atoms with Crippen LogP contribution in [0, 0.1) is 34.4 Å². The molecule has 4 aromatic rings. The van der Waals surface area contributed by atoms with Crippen molar-refractivity contribution in [1.82, 2.24) is 0 Å². The predicted octanol–water partition coefficient (Wildman–Crippen LogP) is 9.15. The third-order valence-corrected chi connectivity index (χ3v) is 11.4. The zero-order chi connectivity index (χ0) is 35.3. The number of carbonyl (C=O) groups excluding carboxylic acids is 2. The van der Waals surface area contributed by atoms with E-state index >= 15 is 0 Å². The van der Waals surface area contributed by atoms with Crippen molar-refractivity contribution < 1.29 is 94.7 Å². The number of benzene rings is 2. The molecule has 272 valence electrons. The third kappa shape index (κ3) is 14.4. The Hall–Kier alpha value is -0.772. The van der Waals surface area contributed by atoms with Gasteiger partial charge in [-0.05, 0) is 78.3 Å². The van der Waals surface area contributed by atoms with Gasteiger partial charge in [0.05, 0.1) is 38.3 Å². The fourth-order valence-electron chi connectivity index (χ4n) is 6.57. The molecule has 0 spiro atoms. The topological polar surface area (TPSA) is 93.1 Å². The summed E-state index contributed by atoms with van der Waals surface area (Å²) in [6.45, 7) is 0.543. The number of rotatable bonds is 16. The van der Waals surface area contributed by atoms with Gasteiger partial charge in [-0.15, -0.1) is 20.5 Å². The second-order valence-electron chi connectivity index (χ2n) is 12.8. The zero-order valence-corrected chi connectivity index (χ0v) is 37.8. The molecule has 6 rings (SSSR count). The van der Waals surface area contributed by atoms with Crippen molar-refractivity contribution in [2.24, 2.45) is 23.7 Å². The second kappa shape index (κ2) is 24.0. The van der Waals surface area contributed by atoms with Gasteiger partial charge in [0.1, 0.15) is 17.3 Å². The van der Waals surface area contributed by atoms with Crippen LogP contribution in [-0.4, -0.2) is 35.0 Å². The Bertz CT molecular complexity index is 1640. The van der Waals surface area contributed by atoms with Gasteiger partial charge in [0.2, 0.25) is 0 Å². The summed E-state index contributed by atoms with van der Waals surface area (Å²) in [6.07, 6.45) is 11.5. The van der Waals surface area contributed by atoms with E-state index in [4.69, 9.17) is 32.7 Å². The quantitative estimate of drug-likeness (QED) is 0.109. The number of hydrogen-bond acceptors (Lipinski definition) is 8. The summed E-state index contributed by atoms with van der Waals surface area (Å²) in [7, 11) is 0. The van der Waals surface area contributed by atoms with Crippen LogP contribution in [0.5, 0.6) is 11.5 Å². The molecule has 2 aromatic heterocycles. The smallest absolute Gasteiger partial charge is 0.162 e. The van der Waals surface area contributed by atoms with Crippen LogP contribution in [0.1, 0.15) is 59.4 Å². The van der Waals surface area contributed by atoms with Crippen LogP contribution in [0.25, 0.3) is 0 Å². The van der Waals surface area contributed by atoms with E-state index in [1.54, 1.807) is 65.1 Å². The molecule has 52 heavy (non-hydrogen) atoms. The molecule has 0 amide bonds. The Morgan fingerprint density at radius 3 is 1.81 bits per heavy atom. The summed E-state index contributed by atoms with van der Waals surface area (Å²) in [5.74, 6) is 2.06. The third-order valence-electron chi connectivity index (χ3n) is 9.23. The summed E-state index contributed by atoms with van der Waals surface area (Å²) in [4.78, 5) is 27.1. The summed E-state index contributed by atoms with van der Waals surface area (Å²) in [5.41, 5.74) is 1.41. The molecular formula is C40H42Cl2O6S2Y2-2. The number of aliphatic hydroxyl groups is 2. The number of Topliss-reactive ketones (excluding diaryl/α,β-unsaturated/α-hetero) is 1. The normalized spacial score (nSPS) is 19.1. The maximum atomic E-state index is 12.2. The summed E-state index contributed by atoms with van der Waals surface area (Å²) in [5, 5.41) is 25.8. The van der Waals surface area contributed by atoms with E-state index in [0.29, 0.717) is 64.0 Å². The van der Waals surface area contributed by atoms with Crippen molar-refractivity contribution in [2.75, 3.05) is 13.2 Å². The number of halogens is 2. The Morgan fingerprint density at radius 1 is 0.750 bits per heavy atom. The molecule has 0 saturated heterocycles. The monoisotopic (exact) mass is 930 g/mol. The zero-order valence-electron chi connectivity index (χ0n) is 29.0. The van der Waals surface area contributed by atoms with Gasteiger partial charge in [0.15, 0.2) is 5.78 Å². The van der Waals surface area contributed by atoms with Crippen LogP contribution >= 0.6 is 45.9 Å². The average molecular weight is 932 g/mol. The number of ether oxygens (including phenoxy) is 2. The number of thiophene rings is 2. The van der Waals surface area contributed by atoms with Gasteiger partial charge in [-0.3, -0.25) is 9.59 Å². The molecule has 2 aliphatic carbocycles. The Labute approximate surface area is 375 Å². The summed E-state index contributed by atoms with van der Waals surface area (Å²) < 4.78 is 11.7. The number of allylic oxidation sites excluding steroid dienone is 2. The van der Waals surface area contributed by atoms with Crippen LogP contribution in [0.3, 0.4) is 0 Å². The molecule has 0 aliphatic heterocycles. The van der Waals surface area contributed by atoms with Gasteiger partial charge in [-0.1, -0.05) is 61.4 Å². The maximum Gasteiger partial charge on any atom is 0.162 e. The fraction of sp³-hybridized carbons (Fsp3) is 0.400. The molecule has 12 heteroatoms. The average Bonchev–Trinajstić information content (AvgIpc) is 3.94. The number of carbonyl (C=O) groups is 2. The molecule has 1 saturated carbocycles. The van der Waals surface area contributed by atoms with Gasteiger partial charge in [-0.2, -0.15) is 12.1 Å². The van der Waals surface area contributed by atoms with Crippen LogP contribution < -0.4 is 9.47 Å². The first kappa shape index (κ1) is 45.6. The van der Waals surface area contributed by atoms with Gasteiger partial charge in [-0.25, -0.2) is 12.1 Å². The van der Waals surface area contributed by atoms with E-state index in [9.17, 15) is 19.8 Å². The summed E-state index contributed by atoms with van der Waals surface area (Å²) in [6, 6.07) is 18.5. The van der Waals surface area contributed by atoms with Crippen LogP contribution in [-0.2, 0) is 101 Å². The van der Waals surface area contributed by atoms with E-state index in [1.807, 2.05) is 18.2 Å². The number of ketones is 2. The molecule has 1 fully saturated rings. The number of aliphatic hydroxyl groups excluding tert-OH is 2. The Morgan fingerprint density at radius 2 is 1.29 bits per heavy atom. The first-order valence-electron chi connectivity index (χ1n) is 17.0. The predicted molar refractivity (Wildman–Crippen MR) is 200 cm³/mol. The van der Waals surface area contributed by atoms with Gasteiger partial charge in [0.25, 0.3) is 0 Å². The molecule has 2 aliphatic rings. The van der Waals surface area contributed by atoms with Crippen molar-refractivity contribution in [3.63, 3.8) is 0 Å². The molecule has 4 atom stereocenters.